The summed E-state index contributed by atoms with van der Waals surface area (Å²) in [5.74, 6) is 3.16. The van der Waals surface area contributed by atoms with Crippen LogP contribution in [0, 0.1) is 41.5 Å². The van der Waals surface area contributed by atoms with E-state index in [4.69, 9.17) is 39.9 Å². The number of pyridine rings is 2. The van der Waals surface area contributed by atoms with E-state index >= 15 is 0 Å². The molecule has 0 aliphatic rings. The summed E-state index contributed by atoms with van der Waals surface area (Å²) in [5, 5.41) is 9.38. The largest absolute Gasteiger partial charge is 0.309 e. The fourth-order valence-corrected chi connectivity index (χ4v) is 17.8. The standard InChI is InChI=1S/C106H74N12/c1-63-33-43-93-82(51-63)76-29-16-18-31-91(76)115(93)74-39-41-78(80(58-74)88-61-107-50-49-99(88)117-92-32-19-17-30-77(92)83-52-64(2)36-46-96(83)117)106-113-103(71-25-14-9-15-26-71)110-104(114-106)73-28-20-27-72(57-73)90-60-100(118-97-47-37-67(5)55-86(97)87-56-68(6)38-48-98(87)118)89(62-108-90)81-59-75(116-94-44-34-65(3)53-84(94)85-54-66(4)35-45-95(85)116)40-42-79(81)105-111-101(69-21-10-7-11-22-69)109-102(112-105)70-23-12-8-13-24-70/h7-62H,1-6H3. The maximum absolute atomic E-state index is 5.68. The van der Waals surface area contributed by atoms with Gasteiger partial charge in [0, 0.05) is 123 Å². The maximum atomic E-state index is 5.68. The molecule has 0 spiro atoms. The molecule has 0 fully saturated rings. The van der Waals surface area contributed by atoms with Gasteiger partial charge in [-0.05, 0) is 192 Å². The highest BCUT2D eigenvalue weighted by molar-refractivity contribution is 6.14. The first kappa shape index (κ1) is 69.3. The Hall–Kier alpha value is -15.4. The Bertz CT molecular complexity index is 7710. The molecule has 0 radical (unpaired) electrons. The number of hydrogen-bond donors (Lipinski definition) is 0. The van der Waals surface area contributed by atoms with Crippen LogP contribution in [-0.4, -0.2) is 58.1 Å². The van der Waals surface area contributed by atoms with Crippen molar-refractivity contribution in [2.24, 2.45) is 0 Å². The fraction of sp³-hybridized carbons (Fsp3) is 0.0566. The van der Waals surface area contributed by atoms with E-state index in [1.807, 2.05) is 67.0 Å². The van der Waals surface area contributed by atoms with Gasteiger partial charge in [-0.1, -0.05) is 215 Å². The molecule has 8 aromatic heterocycles. The number of benzene rings is 14. The molecule has 0 amide bonds. The molecule has 0 bridgehead atoms. The van der Waals surface area contributed by atoms with Crippen LogP contribution in [-0.2, 0) is 0 Å². The fourth-order valence-electron chi connectivity index (χ4n) is 17.8. The van der Waals surface area contributed by atoms with Crippen molar-refractivity contribution in [3.05, 3.63) is 373 Å². The van der Waals surface area contributed by atoms with E-state index in [1.54, 1.807) is 0 Å². The van der Waals surface area contributed by atoms with Crippen LogP contribution in [0.4, 0.5) is 0 Å². The predicted molar refractivity (Wildman–Crippen MR) is 484 cm³/mol. The molecule has 0 aliphatic heterocycles. The van der Waals surface area contributed by atoms with E-state index in [0.717, 1.165) is 145 Å². The molecule has 0 aliphatic carbocycles. The summed E-state index contributed by atoms with van der Waals surface area (Å²) in [7, 11) is 0. The van der Waals surface area contributed by atoms with E-state index in [0.29, 0.717) is 34.9 Å². The SMILES string of the molecule is Cc1ccc2c(c1)c1ccccc1n2-c1ccc(-c2nc(-c3ccccc3)nc(-c3cccc(-c4cc(-n5c6ccc(C)cc6c6cc(C)ccc65)c(-c5cc(-n6c7ccc(C)cc7c7cc(C)ccc76)ccc5-c5nc(-c6ccccc6)nc(-c6ccccc6)n5)cn4)c3)n2)c(-c2cnccc2-n2c3ccccc3c3cc(C)ccc32)c1. The van der Waals surface area contributed by atoms with Crippen LogP contribution in [0.25, 0.3) is 212 Å². The Morgan fingerprint density at radius 3 is 0.966 bits per heavy atom. The van der Waals surface area contributed by atoms with E-state index in [1.165, 1.54) is 65.7 Å². The summed E-state index contributed by atoms with van der Waals surface area (Å²) < 4.78 is 9.60. The van der Waals surface area contributed by atoms with Crippen LogP contribution >= 0.6 is 0 Å². The van der Waals surface area contributed by atoms with E-state index in [9.17, 15) is 0 Å². The molecule has 22 rings (SSSR count). The van der Waals surface area contributed by atoms with Gasteiger partial charge in [-0.3, -0.25) is 9.97 Å². The van der Waals surface area contributed by atoms with Gasteiger partial charge < -0.3 is 18.3 Å². The van der Waals surface area contributed by atoms with Gasteiger partial charge in [0.05, 0.1) is 61.2 Å². The Balaban J connectivity index is 0.774. The molecule has 118 heavy (non-hydrogen) atoms. The Morgan fingerprint density at radius 1 is 0.203 bits per heavy atom. The van der Waals surface area contributed by atoms with Crippen LogP contribution < -0.4 is 0 Å². The zero-order chi connectivity index (χ0) is 79.0. The molecule has 12 nitrogen and oxygen atoms in total. The number of para-hydroxylation sites is 2. The van der Waals surface area contributed by atoms with Crippen LogP contribution in [0.15, 0.2) is 340 Å². The van der Waals surface area contributed by atoms with Gasteiger partial charge in [-0.25, -0.2) is 29.9 Å². The Kier molecular flexibility index (Phi) is 16.3. The molecule has 0 atom stereocenters. The van der Waals surface area contributed by atoms with Gasteiger partial charge in [0.1, 0.15) is 0 Å². The normalized spacial score (nSPS) is 11.8. The van der Waals surface area contributed by atoms with Crippen molar-refractivity contribution >= 4 is 87.2 Å². The number of nitrogens with zero attached hydrogens (tertiary/aromatic N) is 12. The average molecular weight is 1520 g/mol. The summed E-state index contributed by atoms with van der Waals surface area (Å²) in [6.07, 6.45) is 5.96. The number of rotatable bonds is 13. The van der Waals surface area contributed by atoms with Gasteiger partial charge in [0.15, 0.2) is 34.9 Å². The lowest BCUT2D eigenvalue weighted by Gasteiger charge is -2.20. The van der Waals surface area contributed by atoms with E-state index < -0.39 is 0 Å². The van der Waals surface area contributed by atoms with Crippen molar-refractivity contribution in [2.75, 3.05) is 0 Å². The predicted octanol–water partition coefficient (Wildman–Crippen LogP) is 26.1. The van der Waals surface area contributed by atoms with Gasteiger partial charge >= 0.3 is 0 Å². The van der Waals surface area contributed by atoms with E-state index in [-0.39, 0.29) is 0 Å². The Morgan fingerprint density at radius 2 is 0.534 bits per heavy atom. The monoisotopic (exact) mass is 1510 g/mol. The third-order valence-electron chi connectivity index (χ3n) is 23.3. The van der Waals surface area contributed by atoms with Gasteiger partial charge in [-0.2, -0.15) is 0 Å². The molecule has 12 heteroatoms. The maximum Gasteiger partial charge on any atom is 0.164 e. The minimum absolute atomic E-state index is 0.492. The average Bonchev–Trinajstić information content (AvgIpc) is 1.22. The smallest absolute Gasteiger partial charge is 0.164 e. The minimum Gasteiger partial charge on any atom is -0.309 e. The first-order valence-electron chi connectivity index (χ1n) is 40.0. The molecule has 0 N–H and O–H groups in total. The van der Waals surface area contributed by atoms with Gasteiger partial charge in [-0.15, -0.1) is 0 Å². The van der Waals surface area contributed by atoms with Crippen LogP contribution in [0.3, 0.4) is 0 Å². The summed E-state index contributed by atoms with van der Waals surface area (Å²) in [4.78, 5) is 43.6. The first-order chi connectivity index (χ1) is 57.9. The second-order valence-electron chi connectivity index (χ2n) is 31.2. The van der Waals surface area contributed by atoms with Crippen molar-refractivity contribution < 1.29 is 0 Å². The highest BCUT2D eigenvalue weighted by atomic mass is 15.1. The highest BCUT2D eigenvalue weighted by Crippen LogP contribution is 2.47. The summed E-state index contributed by atoms with van der Waals surface area (Å²) >= 11 is 0. The molecule has 8 heterocycles. The first-order valence-corrected chi connectivity index (χ1v) is 40.0. The molecule has 22 aromatic rings. The van der Waals surface area contributed by atoms with E-state index in [2.05, 4.69) is 333 Å². The van der Waals surface area contributed by atoms with Gasteiger partial charge in [0.2, 0.25) is 0 Å². The Labute approximate surface area is 680 Å². The zero-order valence-electron chi connectivity index (χ0n) is 65.7. The summed E-state index contributed by atoms with van der Waals surface area (Å²) in [6, 6.07) is 115. The minimum atomic E-state index is 0.492. The zero-order valence-corrected chi connectivity index (χ0v) is 65.7. The molecule has 14 aromatic carbocycles. The molecular weight excluding hydrogens is 1440 g/mol. The van der Waals surface area contributed by atoms with Crippen LogP contribution in [0.5, 0.6) is 0 Å². The van der Waals surface area contributed by atoms with Crippen molar-refractivity contribution in [1.29, 1.82) is 0 Å². The third-order valence-corrected chi connectivity index (χ3v) is 23.3. The second kappa shape index (κ2) is 27.7. The number of hydrogen-bond acceptors (Lipinski definition) is 8. The number of aryl methyl sites for hydroxylation is 6. The highest BCUT2D eigenvalue weighted by Gasteiger charge is 2.28. The lowest BCUT2D eigenvalue weighted by molar-refractivity contribution is 1.07. The summed E-state index contributed by atoms with van der Waals surface area (Å²) in [5.41, 5.74) is 29.7. The van der Waals surface area contributed by atoms with Crippen LogP contribution in [0.1, 0.15) is 33.4 Å². The number of aromatic nitrogens is 12. The third kappa shape index (κ3) is 11.7. The quantitative estimate of drug-likeness (QED) is 0.112. The molecule has 558 valence electrons. The van der Waals surface area contributed by atoms with Crippen molar-refractivity contribution in [3.8, 4) is 125 Å². The second-order valence-corrected chi connectivity index (χ2v) is 31.2. The molecule has 0 saturated carbocycles. The molecule has 0 saturated heterocycles. The van der Waals surface area contributed by atoms with Crippen molar-refractivity contribution in [2.45, 2.75) is 41.5 Å². The molecular formula is C106H74N12. The van der Waals surface area contributed by atoms with Crippen LogP contribution in [0.2, 0.25) is 0 Å². The summed E-state index contributed by atoms with van der Waals surface area (Å²) in [6.45, 7) is 13.0. The molecule has 0 unspecified atom stereocenters. The lowest BCUT2D eigenvalue weighted by atomic mass is 9.96. The number of fused-ring (bicyclic) bond motifs is 12. The van der Waals surface area contributed by atoms with Crippen molar-refractivity contribution in [3.63, 3.8) is 0 Å². The lowest BCUT2D eigenvalue weighted by Crippen LogP contribution is -2.05. The topological polar surface area (TPSA) is 123 Å². The van der Waals surface area contributed by atoms with Crippen molar-refractivity contribution in [1.82, 2.24) is 58.1 Å². The van der Waals surface area contributed by atoms with Gasteiger partial charge in [0.25, 0.3) is 0 Å².